The molecule has 0 aliphatic carbocycles. The van der Waals surface area contributed by atoms with Crippen LogP contribution >= 0.6 is 23.4 Å². The van der Waals surface area contributed by atoms with Gasteiger partial charge in [-0.1, -0.05) is 53.7 Å². The Labute approximate surface area is 186 Å². The summed E-state index contributed by atoms with van der Waals surface area (Å²) in [6.45, 7) is 0. The minimum Gasteiger partial charge on any atom is -0.420 e. The fourth-order valence-electron chi connectivity index (χ4n) is 3.16. The van der Waals surface area contributed by atoms with Gasteiger partial charge in [-0.15, -0.1) is 10.2 Å². The van der Waals surface area contributed by atoms with Gasteiger partial charge in [0, 0.05) is 10.6 Å². The zero-order valence-electron chi connectivity index (χ0n) is 16.1. The molecule has 8 heteroatoms. The van der Waals surface area contributed by atoms with E-state index in [0.717, 1.165) is 11.3 Å². The Balaban J connectivity index is 1.49. The van der Waals surface area contributed by atoms with Crippen LogP contribution in [0.2, 0.25) is 5.02 Å². The van der Waals surface area contributed by atoms with Crippen molar-refractivity contribution in [2.24, 2.45) is 0 Å². The Morgan fingerprint density at radius 2 is 1.65 bits per heavy atom. The van der Waals surface area contributed by atoms with E-state index in [4.69, 9.17) is 21.0 Å². The first-order chi connectivity index (χ1) is 15.2. The third-order valence-electron chi connectivity index (χ3n) is 4.64. The van der Waals surface area contributed by atoms with Crippen molar-refractivity contribution in [2.45, 2.75) is 10.9 Å². The lowest BCUT2D eigenvalue weighted by atomic mass is 10.2. The monoisotopic (exact) mass is 446 g/mol. The number of aromatic nitrogens is 4. The summed E-state index contributed by atoms with van der Waals surface area (Å²) < 4.78 is 7.41. The normalized spacial score (nSPS) is 11.1. The summed E-state index contributed by atoms with van der Waals surface area (Å²) in [5, 5.41) is 10.0. The van der Waals surface area contributed by atoms with Gasteiger partial charge in [0.2, 0.25) is 11.8 Å². The van der Waals surface area contributed by atoms with Crippen LogP contribution in [-0.4, -0.2) is 19.7 Å². The van der Waals surface area contributed by atoms with E-state index in [9.17, 15) is 4.79 Å². The molecule has 2 aromatic heterocycles. The molecule has 0 saturated heterocycles. The van der Waals surface area contributed by atoms with E-state index >= 15 is 0 Å². The molecule has 0 spiro atoms. The highest BCUT2D eigenvalue weighted by Gasteiger charge is 2.15. The van der Waals surface area contributed by atoms with Gasteiger partial charge in [-0.2, -0.15) is 0 Å². The van der Waals surface area contributed by atoms with Gasteiger partial charge in [-0.25, -0.2) is 4.98 Å². The van der Waals surface area contributed by atoms with Crippen molar-refractivity contribution in [3.05, 3.63) is 100 Å². The van der Waals surface area contributed by atoms with Crippen LogP contribution in [0, 0.1) is 0 Å². The highest BCUT2D eigenvalue weighted by Crippen LogP contribution is 2.26. The molecule has 5 aromatic rings. The van der Waals surface area contributed by atoms with Crippen LogP contribution in [0.1, 0.15) is 5.89 Å². The molecule has 0 N–H and O–H groups in total. The molecule has 3 aromatic carbocycles. The molecule has 5 rings (SSSR count). The van der Waals surface area contributed by atoms with Crippen molar-refractivity contribution >= 4 is 34.3 Å². The van der Waals surface area contributed by atoms with E-state index in [1.165, 1.54) is 11.8 Å². The van der Waals surface area contributed by atoms with E-state index in [1.54, 1.807) is 22.8 Å². The molecule has 6 nitrogen and oxygen atoms in total. The molecular formula is C23H15ClN4O2S. The third-order valence-corrected chi connectivity index (χ3v) is 5.82. The summed E-state index contributed by atoms with van der Waals surface area (Å²) >= 11 is 7.31. The third kappa shape index (κ3) is 3.97. The van der Waals surface area contributed by atoms with Gasteiger partial charge < -0.3 is 4.42 Å². The molecule has 152 valence electrons. The topological polar surface area (TPSA) is 73.8 Å². The van der Waals surface area contributed by atoms with Gasteiger partial charge in [-0.3, -0.25) is 9.36 Å². The van der Waals surface area contributed by atoms with E-state index in [-0.39, 0.29) is 5.56 Å². The lowest BCUT2D eigenvalue weighted by Crippen LogP contribution is -2.21. The second kappa shape index (κ2) is 8.37. The molecule has 0 fully saturated rings. The van der Waals surface area contributed by atoms with Gasteiger partial charge in [0.1, 0.15) is 0 Å². The lowest BCUT2D eigenvalue weighted by Gasteiger charge is -2.12. The molecule has 31 heavy (non-hydrogen) atoms. The number of rotatable bonds is 5. The molecule has 0 aliphatic heterocycles. The minimum absolute atomic E-state index is 0.119. The molecule has 0 amide bonds. The summed E-state index contributed by atoms with van der Waals surface area (Å²) in [5.41, 5.74) is 2.07. The van der Waals surface area contributed by atoms with E-state index in [0.29, 0.717) is 38.6 Å². The largest absolute Gasteiger partial charge is 0.420 e. The summed E-state index contributed by atoms with van der Waals surface area (Å²) in [6.07, 6.45) is 0. The number of hydrogen-bond acceptors (Lipinski definition) is 6. The van der Waals surface area contributed by atoms with Gasteiger partial charge in [0.05, 0.1) is 22.3 Å². The molecule has 0 radical (unpaired) electrons. The van der Waals surface area contributed by atoms with Crippen LogP contribution in [0.5, 0.6) is 0 Å². The number of fused-ring (bicyclic) bond motifs is 1. The van der Waals surface area contributed by atoms with Gasteiger partial charge in [0.25, 0.3) is 5.56 Å². The van der Waals surface area contributed by atoms with E-state index < -0.39 is 0 Å². The van der Waals surface area contributed by atoms with Crippen molar-refractivity contribution in [3.8, 4) is 17.1 Å². The number of nitrogens with zero attached hydrogens (tertiary/aromatic N) is 4. The minimum atomic E-state index is -0.119. The number of benzene rings is 3. The van der Waals surface area contributed by atoms with Gasteiger partial charge >= 0.3 is 0 Å². The first-order valence-corrected chi connectivity index (χ1v) is 10.8. The zero-order chi connectivity index (χ0) is 21.2. The Kier molecular flexibility index (Phi) is 5.28. The molecule has 0 aliphatic rings. The second-order valence-electron chi connectivity index (χ2n) is 6.68. The average Bonchev–Trinajstić information content (AvgIpc) is 3.28. The predicted molar refractivity (Wildman–Crippen MR) is 122 cm³/mol. The molecule has 2 heterocycles. The van der Waals surface area contributed by atoms with Crippen LogP contribution in [0.3, 0.4) is 0 Å². The molecule has 0 unspecified atom stereocenters. The van der Waals surface area contributed by atoms with Gasteiger partial charge in [0.15, 0.2) is 5.16 Å². The smallest absolute Gasteiger partial charge is 0.266 e. The van der Waals surface area contributed by atoms with Crippen molar-refractivity contribution in [3.63, 3.8) is 0 Å². The van der Waals surface area contributed by atoms with Crippen molar-refractivity contribution < 1.29 is 4.42 Å². The fourth-order valence-corrected chi connectivity index (χ4v) is 4.14. The summed E-state index contributed by atoms with van der Waals surface area (Å²) in [7, 11) is 0. The zero-order valence-corrected chi connectivity index (χ0v) is 17.7. The van der Waals surface area contributed by atoms with E-state index in [2.05, 4.69) is 10.2 Å². The number of hydrogen-bond donors (Lipinski definition) is 0. The van der Waals surface area contributed by atoms with Crippen LogP contribution < -0.4 is 5.56 Å². The standard InChI is InChI=1S/C23H15ClN4O2S/c24-16-12-10-15(11-13-16)21-27-26-20(30-21)14-31-23-25-19-9-5-4-8-18(19)22(29)28(23)17-6-2-1-3-7-17/h1-13H,14H2. The predicted octanol–water partition coefficient (Wildman–Crippen LogP) is 5.38. The Hall–Kier alpha value is -3.42. The van der Waals surface area contributed by atoms with Crippen molar-refractivity contribution in [2.75, 3.05) is 0 Å². The highest BCUT2D eigenvalue weighted by molar-refractivity contribution is 7.98. The SMILES string of the molecule is O=c1c2ccccc2nc(SCc2nnc(-c3ccc(Cl)cc3)o2)n1-c1ccccc1. The number of para-hydroxylation sites is 2. The van der Waals surface area contributed by atoms with Crippen LogP contribution in [0.25, 0.3) is 28.0 Å². The quantitative estimate of drug-likeness (QED) is 0.266. The molecular weight excluding hydrogens is 432 g/mol. The van der Waals surface area contributed by atoms with Crippen molar-refractivity contribution in [1.29, 1.82) is 0 Å². The maximum absolute atomic E-state index is 13.2. The maximum Gasteiger partial charge on any atom is 0.266 e. The first-order valence-electron chi connectivity index (χ1n) is 9.47. The Morgan fingerprint density at radius 1 is 0.903 bits per heavy atom. The Bertz CT molecular complexity index is 1420. The Morgan fingerprint density at radius 3 is 2.45 bits per heavy atom. The average molecular weight is 447 g/mol. The number of thioether (sulfide) groups is 1. The van der Waals surface area contributed by atoms with Crippen LogP contribution in [0.15, 0.2) is 93.2 Å². The van der Waals surface area contributed by atoms with Crippen LogP contribution in [-0.2, 0) is 5.75 Å². The summed E-state index contributed by atoms with van der Waals surface area (Å²) in [6, 6.07) is 24.0. The number of halogens is 1. The second-order valence-corrected chi connectivity index (χ2v) is 8.06. The highest BCUT2D eigenvalue weighted by atomic mass is 35.5. The maximum atomic E-state index is 13.2. The molecule has 0 saturated carbocycles. The fraction of sp³-hybridized carbons (Fsp3) is 0.0435. The first kappa shape index (κ1) is 19.5. The lowest BCUT2D eigenvalue weighted by molar-refractivity contribution is 0.528. The van der Waals surface area contributed by atoms with Crippen molar-refractivity contribution in [1.82, 2.24) is 19.7 Å². The van der Waals surface area contributed by atoms with Crippen LogP contribution in [0.4, 0.5) is 0 Å². The summed E-state index contributed by atoms with van der Waals surface area (Å²) in [4.78, 5) is 17.9. The van der Waals surface area contributed by atoms with E-state index in [1.807, 2.05) is 60.7 Å². The van der Waals surface area contributed by atoms with Gasteiger partial charge in [-0.05, 0) is 48.5 Å². The molecule has 0 bridgehead atoms. The summed E-state index contributed by atoms with van der Waals surface area (Å²) in [5.74, 6) is 1.23. The molecule has 0 atom stereocenters.